The van der Waals surface area contributed by atoms with Gasteiger partial charge in [0, 0.05) is 50.8 Å². The molecule has 1 aliphatic carbocycles. The van der Waals surface area contributed by atoms with Crippen molar-refractivity contribution in [3.05, 3.63) is 110 Å². The molecule has 6 heterocycles. The number of nitriles is 1. The van der Waals surface area contributed by atoms with Crippen LogP contribution in [0.25, 0.3) is 11.0 Å². The fraction of sp³-hybridized carbons (Fsp3) is 0.527. The maximum absolute atomic E-state index is 13.3. The van der Waals surface area contributed by atoms with E-state index in [1.54, 1.807) is 16.2 Å². The Bertz CT molecular complexity index is 2840. The zero-order valence-electron chi connectivity index (χ0n) is 41.1. The second-order valence-electron chi connectivity index (χ2n) is 21.2. The molecule has 1 N–H and O–H groups in total. The number of halogens is 1. The highest BCUT2D eigenvalue weighted by molar-refractivity contribution is 6.32. The molecule has 15 heteroatoms. The van der Waals surface area contributed by atoms with Crippen molar-refractivity contribution < 1.29 is 19.1 Å². The number of aromatic nitrogens is 4. The van der Waals surface area contributed by atoms with Crippen molar-refractivity contribution in [3.8, 4) is 17.6 Å². The van der Waals surface area contributed by atoms with Crippen molar-refractivity contribution in [1.82, 2.24) is 34.2 Å². The van der Waals surface area contributed by atoms with E-state index in [4.69, 9.17) is 26.1 Å². The van der Waals surface area contributed by atoms with Gasteiger partial charge in [-0.2, -0.15) is 5.26 Å². The molecule has 5 aromatic rings. The number of carbonyl (C=O) groups excluding carboxylic acids is 2. The number of anilines is 1. The van der Waals surface area contributed by atoms with Crippen molar-refractivity contribution in [1.29, 1.82) is 5.26 Å². The van der Waals surface area contributed by atoms with Crippen LogP contribution in [0.5, 0.6) is 11.5 Å². The van der Waals surface area contributed by atoms with Gasteiger partial charge < -0.3 is 24.2 Å². The fourth-order valence-corrected chi connectivity index (χ4v) is 12.5. The van der Waals surface area contributed by atoms with Gasteiger partial charge in [0.1, 0.15) is 24.5 Å². The van der Waals surface area contributed by atoms with E-state index in [2.05, 4.69) is 69.2 Å². The number of aryl methyl sites for hydroxylation is 1. The molecule has 5 aliphatic rings. The monoisotopic (exact) mass is 967 g/mol. The second-order valence-corrected chi connectivity index (χ2v) is 21.6. The summed E-state index contributed by atoms with van der Waals surface area (Å²) in [4.78, 5) is 55.1. The van der Waals surface area contributed by atoms with Crippen LogP contribution in [-0.4, -0.2) is 99.2 Å². The Labute approximate surface area is 415 Å². The zero-order chi connectivity index (χ0) is 48.7. The van der Waals surface area contributed by atoms with Gasteiger partial charge in [-0.25, -0.2) is 14.8 Å². The Morgan fingerprint density at radius 1 is 0.871 bits per heavy atom. The standard InChI is InChI=1S/C55H66ClN9O5/c1-5-69-50-39(33-57)28-41(30-45(50)56)54(2,3)40-7-9-44(10-8-40)70-35-42-14-21-58-52(59-42)64-26-19-55(20-27-64)31-43(32-55)63-24-15-36(16-25-63)34-62-22-17-37(18-23-62)38-6-11-46-48(29-38)61(4)53(68)65(46)47-12-13-49(66)60-51(47)67/h6-11,14,21,28-30,36-37,43,47H,5,12-13,15-20,22-27,31-32,34-35H2,1-4H3,(H,60,66,67). The Balaban J connectivity index is 0.646. The number of amides is 2. The minimum absolute atomic E-state index is 0.217. The third-order valence-electron chi connectivity index (χ3n) is 16.7. The van der Waals surface area contributed by atoms with Crippen molar-refractivity contribution >= 4 is 40.4 Å². The molecule has 368 valence electrons. The number of nitrogens with zero attached hydrogens (tertiary/aromatic N) is 8. The molecule has 4 saturated heterocycles. The summed E-state index contributed by atoms with van der Waals surface area (Å²) in [5, 5.41) is 12.6. The molecular formula is C55H66ClN9O5. The number of ether oxygens (including phenoxy) is 2. The van der Waals surface area contributed by atoms with Crippen LogP contribution >= 0.6 is 11.6 Å². The predicted octanol–water partition coefficient (Wildman–Crippen LogP) is 8.28. The second kappa shape index (κ2) is 19.8. The van der Waals surface area contributed by atoms with Gasteiger partial charge in [-0.1, -0.05) is 43.6 Å². The SMILES string of the molecule is CCOc1c(Cl)cc(C(C)(C)c2ccc(OCc3ccnc(N4CCC5(CC4)CC(N4CCC(CN6CCC(c7ccc8c(c7)n(C)c(=O)n8C7CCC(=O)NC7=O)CC6)CC4)C5)n3)cc2)cc1C#N. The van der Waals surface area contributed by atoms with E-state index in [0.717, 1.165) is 84.5 Å². The number of imide groups is 1. The van der Waals surface area contributed by atoms with E-state index in [-0.39, 0.29) is 18.0 Å². The number of imidazole rings is 1. The molecule has 1 saturated carbocycles. The molecule has 0 radical (unpaired) electrons. The van der Waals surface area contributed by atoms with E-state index in [1.165, 1.54) is 63.7 Å². The molecule has 4 aliphatic heterocycles. The van der Waals surface area contributed by atoms with Crippen LogP contribution in [0.4, 0.5) is 5.95 Å². The predicted molar refractivity (Wildman–Crippen MR) is 270 cm³/mol. The van der Waals surface area contributed by atoms with Crippen molar-refractivity contribution in [3.63, 3.8) is 0 Å². The average molecular weight is 969 g/mol. The van der Waals surface area contributed by atoms with Gasteiger partial charge in [0.2, 0.25) is 17.8 Å². The molecule has 0 bridgehead atoms. The first-order valence-electron chi connectivity index (χ1n) is 25.5. The molecule has 10 rings (SSSR count). The Kier molecular flexibility index (Phi) is 13.6. The van der Waals surface area contributed by atoms with Gasteiger partial charge in [0.15, 0.2) is 5.75 Å². The highest BCUT2D eigenvalue weighted by Crippen LogP contribution is 2.52. The van der Waals surface area contributed by atoms with Crippen molar-refractivity contribution in [2.24, 2.45) is 18.4 Å². The van der Waals surface area contributed by atoms with E-state index >= 15 is 0 Å². The highest BCUT2D eigenvalue weighted by Gasteiger charge is 2.48. The van der Waals surface area contributed by atoms with Gasteiger partial charge >= 0.3 is 5.69 Å². The molecule has 1 unspecified atom stereocenters. The quantitative estimate of drug-likeness (QED) is 0.114. The fourth-order valence-electron chi connectivity index (χ4n) is 12.2. The van der Waals surface area contributed by atoms with Crippen LogP contribution in [0.2, 0.25) is 5.02 Å². The van der Waals surface area contributed by atoms with E-state index in [1.807, 2.05) is 49.5 Å². The third-order valence-corrected chi connectivity index (χ3v) is 16.9. The molecule has 70 heavy (non-hydrogen) atoms. The number of hydrogen-bond donors (Lipinski definition) is 1. The van der Waals surface area contributed by atoms with E-state index < -0.39 is 17.4 Å². The maximum Gasteiger partial charge on any atom is 0.329 e. The molecule has 1 atom stereocenters. The summed E-state index contributed by atoms with van der Waals surface area (Å²) in [6, 6.07) is 22.3. The van der Waals surface area contributed by atoms with Crippen LogP contribution in [0.15, 0.2) is 71.7 Å². The van der Waals surface area contributed by atoms with Crippen LogP contribution < -0.4 is 25.4 Å². The molecule has 14 nitrogen and oxygen atoms in total. The summed E-state index contributed by atoms with van der Waals surface area (Å²) in [6.07, 6.45) is 12.2. The van der Waals surface area contributed by atoms with Crippen LogP contribution in [0.3, 0.4) is 0 Å². The van der Waals surface area contributed by atoms with E-state index in [9.17, 15) is 19.6 Å². The van der Waals surface area contributed by atoms with Gasteiger partial charge in [-0.15, -0.1) is 0 Å². The topological polar surface area (TPSA) is 151 Å². The average Bonchev–Trinajstić information content (AvgIpc) is 3.61. The van der Waals surface area contributed by atoms with Gasteiger partial charge in [-0.05, 0) is 167 Å². The minimum atomic E-state index is -0.664. The third kappa shape index (κ3) is 9.57. The molecule has 3 aromatic carbocycles. The first-order chi connectivity index (χ1) is 33.8. The lowest BCUT2D eigenvalue weighted by molar-refractivity contribution is -0.135. The number of piperidine rings is 4. The summed E-state index contributed by atoms with van der Waals surface area (Å²) in [7, 11) is 1.77. The summed E-state index contributed by atoms with van der Waals surface area (Å²) < 4.78 is 15.1. The van der Waals surface area contributed by atoms with E-state index in [0.29, 0.717) is 53.3 Å². The number of carbonyl (C=O) groups is 2. The number of nitrogens with one attached hydrogen (secondary N) is 1. The summed E-state index contributed by atoms with van der Waals surface area (Å²) in [5.41, 5.74) is 5.97. The lowest BCUT2D eigenvalue weighted by Crippen LogP contribution is -2.56. The summed E-state index contributed by atoms with van der Waals surface area (Å²) in [6.45, 7) is 14.6. The Morgan fingerprint density at radius 2 is 1.61 bits per heavy atom. The largest absolute Gasteiger partial charge is 0.491 e. The van der Waals surface area contributed by atoms with Crippen molar-refractivity contribution in [2.45, 2.75) is 115 Å². The Hall–Kier alpha value is -5.75. The molecule has 1 spiro atoms. The number of fused-ring (bicyclic) bond motifs is 1. The lowest BCUT2D eigenvalue weighted by Gasteiger charge is -2.56. The van der Waals surface area contributed by atoms with Gasteiger partial charge in [0.25, 0.3) is 0 Å². The van der Waals surface area contributed by atoms with Crippen LogP contribution in [0, 0.1) is 22.7 Å². The molecule has 2 aromatic heterocycles. The first kappa shape index (κ1) is 47.9. The van der Waals surface area contributed by atoms with Gasteiger partial charge in [0.05, 0.1) is 33.9 Å². The zero-order valence-corrected chi connectivity index (χ0v) is 41.8. The summed E-state index contributed by atoms with van der Waals surface area (Å²) >= 11 is 6.56. The Morgan fingerprint density at radius 3 is 2.31 bits per heavy atom. The normalized spacial score (nSPS) is 20.9. The van der Waals surface area contributed by atoms with Crippen molar-refractivity contribution in [2.75, 3.05) is 57.3 Å². The minimum Gasteiger partial charge on any atom is -0.491 e. The lowest BCUT2D eigenvalue weighted by atomic mass is 9.59. The molecule has 2 amide bonds. The molecular weight excluding hydrogens is 902 g/mol. The number of likely N-dealkylation sites (tertiary alicyclic amines) is 2. The summed E-state index contributed by atoms with van der Waals surface area (Å²) in [5.74, 6) is 2.49. The number of benzene rings is 3. The number of hydrogen-bond acceptors (Lipinski definition) is 11. The maximum atomic E-state index is 13.3. The van der Waals surface area contributed by atoms with Crippen LogP contribution in [0.1, 0.15) is 125 Å². The van der Waals surface area contributed by atoms with Crippen LogP contribution in [-0.2, 0) is 28.7 Å². The first-order valence-corrected chi connectivity index (χ1v) is 25.9. The smallest absolute Gasteiger partial charge is 0.329 e. The molecule has 5 fully saturated rings. The van der Waals surface area contributed by atoms with Gasteiger partial charge in [-0.3, -0.25) is 24.0 Å². The highest BCUT2D eigenvalue weighted by atomic mass is 35.5. The number of rotatable bonds is 13.